The molecule has 138 valence electrons. The van der Waals surface area contributed by atoms with Crippen LogP contribution in [0.2, 0.25) is 0 Å². The summed E-state index contributed by atoms with van der Waals surface area (Å²) in [6.45, 7) is 3.90. The van der Waals surface area contributed by atoms with Crippen LogP contribution in [0.5, 0.6) is 0 Å². The maximum Gasteiger partial charge on any atom is 0.258 e. The summed E-state index contributed by atoms with van der Waals surface area (Å²) in [6.07, 6.45) is 1.49. The lowest BCUT2D eigenvalue weighted by Crippen LogP contribution is -2.36. The van der Waals surface area contributed by atoms with Crippen LogP contribution in [0.4, 0.5) is 10.1 Å². The highest BCUT2D eigenvalue weighted by atomic mass is 32.2. The number of benzene rings is 2. The average Bonchev–Trinajstić information content (AvgIpc) is 2.60. The lowest BCUT2D eigenvalue weighted by Gasteiger charge is -2.30. The van der Waals surface area contributed by atoms with E-state index in [0.29, 0.717) is 17.8 Å². The third-order valence-electron chi connectivity index (χ3n) is 4.22. The van der Waals surface area contributed by atoms with E-state index in [1.165, 1.54) is 35.2 Å². The van der Waals surface area contributed by atoms with Gasteiger partial charge < -0.3 is 4.90 Å². The Labute approximate surface area is 152 Å². The van der Waals surface area contributed by atoms with E-state index in [-0.39, 0.29) is 16.8 Å². The number of carbonyl (C=O) groups is 1. The Morgan fingerprint density at radius 3 is 2.50 bits per heavy atom. The van der Waals surface area contributed by atoms with E-state index in [0.717, 1.165) is 18.4 Å². The molecule has 0 saturated heterocycles. The van der Waals surface area contributed by atoms with Gasteiger partial charge >= 0.3 is 0 Å². The van der Waals surface area contributed by atoms with Crippen molar-refractivity contribution in [2.24, 2.45) is 0 Å². The average molecular weight is 376 g/mol. The molecule has 0 saturated carbocycles. The number of hydrogen-bond donors (Lipinski definition) is 1. The second-order valence-corrected chi connectivity index (χ2v) is 8.32. The van der Waals surface area contributed by atoms with Crippen molar-refractivity contribution in [1.82, 2.24) is 4.72 Å². The number of nitrogens with zero attached hydrogens (tertiary/aromatic N) is 1. The predicted octanol–water partition coefficient (Wildman–Crippen LogP) is 3.11. The van der Waals surface area contributed by atoms with Crippen molar-refractivity contribution in [3.63, 3.8) is 0 Å². The van der Waals surface area contributed by atoms with Crippen LogP contribution in [0.3, 0.4) is 0 Å². The quantitative estimate of drug-likeness (QED) is 0.892. The minimum absolute atomic E-state index is 0.0907. The van der Waals surface area contributed by atoms with Crippen LogP contribution in [0.25, 0.3) is 0 Å². The van der Waals surface area contributed by atoms with Gasteiger partial charge in [0.1, 0.15) is 5.82 Å². The van der Waals surface area contributed by atoms with Gasteiger partial charge in [0.15, 0.2) is 0 Å². The number of rotatable bonds is 4. The van der Waals surface area contributed by atoms with Crippen molar-refractivity contribution >= 4 is 21.6 Å². The van der Waals surface area contributed by atoms with Crippen molar-refractivity contribution in [1.29, 1.82) is 0 Å². The Hall–Kier alpha value is -2.25. The number of nitrogens with one attached hydrogen (secondary N) is 1. The molecule has 0 bridgehead atoms. The van der Waals surface area contributed by atoms with Gasteiger partial charge in [0.25, 0.3) is 5.91 Å². The van der Waals surface area contributed by atoms with Crippen molar-refractivity contribution in [2.45, 2.75) is 37.6 Å². The number of halogens is 1. The van der Waals surface area contributed by atoms with Crippen LogP contribution >= 0.6 is 0 Å². The summed E-state index contributed by atoms with van der Waals surface area (Å²) < 4.78 is 41.1. The molecule has 3 rings (SSSR count). The van der Waals surface area contributed by atoms with Crippen molar-refractivity contribution in [2.75, 3.05) is 11.4 Å². The number of carbonyl (C=O) groups excluding carboxylic acids is 1. The summed E-state index contributed by atoms with van der Waals surface area (Å²) in [5.41, 5.74) is 1.46. The molecule has 2 aromatic rings. The van der Waals surface area contributed by atoms with Gasteiger partial charge in [-0.2, -0.15) is 0 Å². The lowest BCUT2D eigenvalue weighted by atomic mass is 10.0. The minimum Gasteiger partial charge on any atom is -0.305 e. The zero-order valence-corrected chi connectivity index (χ0v) is 15.5. The first-order valence-electron chi connectivity index (χ1n) is 8.51. The highest BCUT2D eigenvalue weighted by Crippen LogP contribution is 2.31. The molecule has 0 atom stereocenters. The molecule has 26 heavy (non-hydrogen) atoms. The molecule has 1 N–H and O–H groups in total. The molecule has 0 spiro atoms. The molecule has 2 aromatic carbocycles. The maximum atomic E-state index is 14.3. The van der Waals surface area contributed by atoms with Gasteiger partial charge in [-0.05, 0) is 62.6 Å². The van der Waals surface area contributed by atoms with Crippen LogP contribution in [-0.2, 0) is 16.4 Å². The molecule has 1 heterocycles. The summed E-state index contributed by atoms with van der Waals surface area (Å²) in [5.74, 6) is -0.757. The standard InChI is InChI=1S/C19H21FN2O3S/c1-13(2)21-26(24,25)16-10-8-15(9-11-16)19(23)22-12-4-6-14-5-3-7-17(20)18(14)22/h3,5,7-11,13,21H,4,6,12H2,1-2H3. The molecule has 0 aromatic heterocycles. The molecular formula is C19H21FN2O3S. The Kier molecular flexibility index (Phi) is 5.11. The molecule has 0 aliphatic carbocycles. The van der Waals surface area contributed by atoms with Crippen LogP contribution in [0.15, 0.2) is 47.4 Å². The first kappa shape index (κ1) is 18.5. The highest BCUT2D eigenvalue weighted by Gasteiger charge is 2.26. The number of sulfonamides is 1. The summed E-state index contributed by atoms with van der Waals surface area (Å²) in [4.78, 5) is 14.4. The normalized spacial score (nSPS) is 14.4. The third-order valence-corrected chi connectivity index (χ3v) is 5.89. The van der Waals surface area contributed by atoms with Crippen LogP contribution in [-0.4, -0.2) is 26.9 Å². The molecule has 1 aliphatic rings. The Balaban J connectivity index is 1.89. The highest BCUT2D eigenvalue weighted by molar-refractivity contribution is 7.89. The fraction of sp³-hybridized carbons (Fsp3) is 0.316. The molecular weight excluding hydrogens is 355 g/mol. The molecule has 0 unspecified atom stereocenters. The molecule has 1 amide bonds. The van der Waals surface area contributed by atoms with E-state index >= 15 is 0 Å². The van der Waals surface area contributed by atoms with Gasteiger partial charge in [-0.15, -0.1) is 0 Å². The van der Waals surface area contributed by atoms with E-state index in [1.807, 2.05) is 6.07 Å². The van der Waals surface area contributed by atoms with Gasteiger partial charge in [0, 0.05) is 18.2 Å². The number of fused-ring (bicyclic) bond motifs is 1. The molecule has 5 nitrogen and oxygen atoms in total. The zero-order chi connectivity index (χ0) is 18.9. The lowest BCUT2D eigenvalue weighted by molar-refractivity contribution is 0.0984. The largest absolute Gasteiger partial charge is 0.305 e. The third kappa shape index (κ3) is 3.64. The van der Waals surface area contributed by atoms with E-state index in [9.17, 15) is 17.6 Å². The Morgan fingerprint density at radius 2 is 1.85 bits per heavy atom. The van der Waals surface area contributed by atoms with E-state index in [4.69, 9.17) is 0 Å². The summed E-state index contributed by atoms with van der Waals surface area (Å²) in [5, 5.41) is 0. The van der Waals surface area contributed by atoms with Gasteiger partial charge in [-0.3, -0.25) is 4.79 Å². The van der Waals surface area contributed by atoms with Gasteiger partial charge in [-0.1, -0.05) is 12.1 Å². The van der Waals surface area contributed by atoms with Crippen molar-refractivity contribution in [3.8, 4) is 0 Å². The first-order valence-corrected chi connectivity index (χ1v) is 9.99. The SMILES string of the molecule is CC(C)NS(=O)(=O)c1ccc(C(=O)N2CCCc3cccc(F)c32)cc1. The molecule has 1 aliphatic heterocycles. The van der Waals surface area contributed by atoms with Crippen LogP contribution in [0, 0.1) is 5.82 Å². The number of para-hydroxylation sites is 1. The number of hydrogen-bond acceptors (Lipinski definition) is 3. The van der Waals surface area contributed by atoms with Crippen molar-refractivity contribution < 1.29 is 17.6 Å². The topological polar surface area (TPSA) is 66.5 Å². The van der Waals surface area contributed by atoms with Gasteiger partial charge in [-0.25, -0.2) is 17.5 Å². The Bertz CT molecular complexity index is 924. The number of aryl methyl sites for hydroxylation is 1. The summed E-state index contributed by atoms with van der Waals surface area (Å²) in [7, 11) is -3.62. The zero-order valence-electron chi connectivity index (χ0n) is 14.7. The smallest absolute Gasteiger partial charge is 0.258 e. The maximum absolute atomic E-state index is 14.3. The molecule has 0 fully saturated rings. The second kappa shape index (κ2) is 7.17. The second-order valence-electron chi connectivity index (χ2n) is 6.61. The summed E-state index contributed by atoms with van der Waals surface area (Å²) >= 11 is 0. The Morgan fingerprint density at radius 1 is 1.15 bits per heavy atom. The molecule has 7 heteroatoms. The van der Waals surface area contributed by atoms with Crippen LogP contribution < -0.4 is 9.62 Å². The van der Waals surface area contributed by atoms with Crippen LogP contribution in [0.1, 0.15) is 36.2 Å². The number of amides is 1. The van der Waals surface area contributed by atoms with Crippen molar-refractivity contribution in [3.05, 3.63) is 59.4 Å². The molecule has 0 radical (unpaired) electrons. The number of anilines is 1. The fourth-order valence-corrected chi connectivity index (χ4v) is 4.37. The summed E-state index contributed by atoms with van der Waals surface area (Å²) in [6, 6.07) is 10.3. The predicted molar refractivity (Wildman–Crippen MR) is 98.3 cm³/mol. The van der Waals surface area contributed by atoms with E-state index in [1.54, 1.807) is 19.9 Å². The van der Waals surface area contributed by atoms with E-state index < -0.39 is 15.8 Å². The van der Waals surface area contributed by atoms with Gasteiger partial charge in [0.05, 0.1) is 10.6 Å². The van der Waals surface area contributed by atoms with E-state index in [2.05, 4.69) is 4.72 Å². The monoisotopic (exact) mass is 376 g/mol. The first-order chi connectivity index (χ1) is 12.3. The minimum atomic E-state index is -3.62. The fourth-order valence-electron chi connectivity index (χ4n) is 3.12. The van der Waals surface area contributed by atoms with Gasteiger partial charge in [0.2, 0.25) is 10.0 Å².